The summed E-state index contributed by atoms with van der Waals surface area (Å²) in [6, 6.07) is 12.6. The maximum Gasteiger partial charge on any atom is 0.251 e. The molecule has 6 nitrogen and oxygen atoms in total. The number of rotatable bonds is 9. The highest BCUT2D eigenvalue weighted by Gasteiger charge is 2.16. The van der Waals surface area contributed by atoms with Crippen molar-refractivity contribution < 1.29 is 4.79 Å². The quantitative estimate of drug-likeness (QED) is 0.670. The van der Waals surface area contributed by atoms with Crippen LogP contribution in [-0.2, 0) is 13.1 Å². The Morgan fingerprint density at radius 1 is 1.03 bits per heavy atom. The zero-order valence-corrected chi connectivity index (χ0v) is 19.5. The number of pyridine rings is 1. The third-order valence-corrected chi connectivity index (χ3v) is 6.14. The monoisotopic (exact) mass is 423 g/mol. The van der Waals surface area contributed by atoms with Gasteiger partial charge in [0.1, 0.15) is 5.82 Å². The summed E-state index contributed by atoms with van der Waals surface area (Å²) in [7, 11) is 0. The lowest BCUT2D eigenvalue weighted by Crippen LogP contribution is -2.46. The van der Waals surface area contributed by atoms with Gasteiger partial charge in [0.15, 0.2) is 0 Å². The van der Waals surface area contributed by atoms with Gasteiger partial charge in [-0.05, 0) is 56.3 Å². The Morgan fingerprint density at radius 3 is 2.26 bits per heavy atom. The van der Waals surface area contributed by atoms with Gasteiger partial charge in [-0.25, -0.2) is 4.98 Å². The highest BCUT2D eigenvalue weighted by molar-refractivity contribution is 5.94. The molecule has 1 aromatic carbocycles. The van der Waals surface area contributed by atoms with E-state index in [0.29, 0.717) is 18.2 Å². The molecule has 0 aliphatic carbocycles. The summed E-state index contributed by atoms with van der Waals surface area (Å²) in [5.41, 5.74) is 2.93. The Balaban J connectivity index is 1.49. The Hall–Kier alpha value is -2.44. The largest absolute Gasteiger partial charge is 0.354 e. The van der Waals surface area contributed by atoms with Gasteiger partial charge in [0.05, 0.1) is 0 Å². The maximum atomic E-state index is 12.5. The minimum Gasteiger partial charge on any atom is -0.354 e. The van der Waals surface area contributed by atoms with Crippen molar-refractivity contribution in [2.45, 2.75) is 46.8 Å². The molecule has 6 heteroatoms. The van der Waals surface area contributed by atoms with Crippen molar-refractivity contribution in [3.05, 3.63) is 59.3 Å². The minimum atomic E-state index is -0.0532. The summed E-state index contributed by atoms with van der Waals surface area (Å²) in [6.45, 7) is 16.5. The second-order valence-corrected chi connectivity index (χ2v) is 8.48. The molecule has 31 heavy (non-hydrogen) atoms. The van der Waals surface area contributed by atoms with Crippen LogP contribution in [0.25, 0.3) is 0 Å². The highest BCUT2D eigenvalue weighted by Crippen LogP contribution is 2.14. The third kappa shape index (κ3) is 6.52. The van der Waals surface area contributed by atoms with Crippen LogP contribution in [0.15, 0.2) is 42.6 Å². The lowest BCUT2D eigenvalue weighted by atomic mass is 10.1. The molecule has 168 valence electrons. The van der Waals surface area contributed by atoms with E-state index in [1.165, 1.54) is 5.56 Å². The summed E-state index contributed by atoms with van der Waals surface area (Å²) in [4.78, 5) is 24.3. The number of anilines is 1. The van der Waals surface area contributed by atoms with Crippen LogP contribution in [0.5, 0.6) is 0 Å². The molecule has 0 spiro atoms. The maximum absolute atomic E-state index is 12.5. The van der Waals surface area contributed by atoms with E-state index in [2.05, 4.69) is 77.0 Å². The molecule has 0 bridgehead atoms. The van der Waals surface area contributed by atoms with E-state index >= 15 is 0 Å². The zero-order valence-electron chi connectivity index (χ0n) is 19.5. The van der Waals surface area contributed by atoms with E-state index < -0.39 is 0 Å². The van der Waals surface area contributed by atoms with Crippen LogP contribution in [-0.4, -0.2) is 66.0 Å². The van der Waals surface area contributed by atoms with Crippen LogP contribution in [0.1, 0.15) is 49.2 Å². The van der Waals surface area contributed by atoms with Gasteiger partial charge in [0, 0.05) is 57.1 Å². The Kier molecular flexibility index (Phi) is 8.43. The molecule has 1 fully saturated rings. The van der Waals surface area contributed by atoms with Gasteiger partial charge in [-0.2, -0.15) is 0 Å². The second kappa shape index (κ2) is 11.3. The molecule has 1 aliphatic rings. The molecule has 2 heterocycles. The minimum absolute atomic E-state index is 0.0532. The van der Waals surface area contributed by atoms with E-state index in [1.54, 1.807) is 0 Å². The first-order valence-electron chi connectivity index (χ1n) is 11.5. The molecular weight excluding hydrogens is 386 g/mol. The van der Waals surface area contributed by atoms with Crippen molar-refractivity contribution in [2.75, 3.05) is 44.2 Å². The molecule has 3 rings (SSSR count). The number of likely N-dealkylation sites (N-methyl/N-ethyl adjacent to an activating group) is 1. The number of hydrogen-bond donors (Lipinski definition) is 1. The number of aromatic nitrogens is 1. The molecule has 1 saturated heterocycles. The zero-order chi connectivity index (χ0) is 22.2. The molecule has 1 aromatic heterocycles. The molecule has 0 atom stereocenters. The molecule has 0 unspecified atom stereocenters. The summed E-state index contributed by atoms with van der Waals surface area (Å²) in [5.74, 6) is 0.964. The number of carbonyl (C=O) groups excluding carboxylic acids is 1. The molecule has 1 amide bonds. The van der Waals surface area contributed by atoms with Crippen LogP contribution in [0, 0.1) is 0 Å². The van der Waals surface area contributed by atoms with Gasteiger partial charge in [-0.3, -0.25) is 9.69 Å². The average molecular weight is 424 g/mol. The standard InChI is InChI=1S/C25H37N5O/c1-5-28-13-15-30(16-14-28)24-12-9-22(17-26-24)18-27-25(31)23-10-7-21(8-11-23)19-29(6-2)20(3)4/h7-12,17,20H,5-6,13-16,18-19H2,1-4H3,(H,27,31). The van der Waals surface area contributed by atoms with Crippen molar-refractivity contribution in [1.82, 2.24) is 20.1 Å². The van der Waals surface area contributed by atoms with Crippen LogP contribution < -0.4 is 10.2 Å². The number of amides is 1. The first kappa shape index (κ1) is 23.2. The van der Waals surface area contributed by atoms with Crippen molar-refractivity contribution in [2.24, 2.45) is 0 Å². The third-order valence-electron chi connectivity index (χ3n) is 6.14. The summed E-state index contributed by atoms with van der Waals surface area (Å²) >= 11 is 0. The first-order valence-corrected chi connectivity index (χ1v) is 11.5. The van der Waals surface area contributed by atoms with Crippen LogP contribution in [0.4, 0.5) is 5.82 Å². The topological polar surface area (TPSA) is 51.7 Å². The van der Waals surface area contributed by atoms with E-state index in [-0.39, 0.29) is 5.91 Å². The summed E-state index contributed by atoms with van der Waals surface area (Å²) < 4.78 is 0. The predicted octanol–water partition coefficient (Wildman–Crippen LogP) is 3.38. The summed E-state index contributed by atoms with van der Waals surface area (Å²) in [6.07, 6.45) is 1.87. The van der Waals surface area contributed by atoms with Crippen LogP contribution in [0.3, 0.4) is 0 Å². The number of benzene rings is 1. The lowest BCUT2D eigenvalue weighted by Gasteiger charge is -2.34. The van der Waals surface area contributed by atoms with E-state index in [9.17, 15) is 4.79 Å². The van der Waals surface area contributed by atoms with Crippen LogP contribution >= 0.6 is 0 Å². The van der Waals surface area contributed by atoms with Crippen molar-refractivity contribution in [1.29, 1.82) is 0 Å². The fourth-order valence-corrected chi connectivity index (χ4v) is 3.94. The predicted molar refractivity (Wildman–Crippen MR) is 127 cm³/mol. The average Bonchev–Trinajstić information content (AvgIpc) is 2.81. The van der Waals surface area contributed by atoms with Gasteiger partial charge in [0.25, 0.3) is 5.91 Å². The SMILES string of the molecule is CCN1CCN(c2ccc(CNC(=O)c3ccc(CN(CC)C(C)C)cc3)cn2)CC1. The highest BCUT2D eigenvalue weighted by atomic mass is 16.1. The van der Waals surface area contributed by atoms with Crippen molar-refractivity contribution >= 4 is 11.7 Å². The number of nitrogens with zero attached hydrogens (tertiary/aromatic N) is 4. The molecule has 2 aromatic rings. The Morgan fingerprint density at radius 2 is 1.71 bits per heavy atom. The Bertz CT molecular complexity index is 811. The first-order chi connectivity index (χ1) is 15.0. The molecule has 1 N–H and O–H groups in total. The molecule has 0 radical (unpaired) electrons. The fraction of sp³-hybridized carbons (Fsp3) is 0.520. The molecule has 0 saturated carbocycles. The Labute approximate surface area is 187 Å². The number of hydrogen-bond acceptors (Lipinski definition) is 5. The number of piperazine rings is 1. The molecular formula is C25H37N5O. The number of nitrogens with one attached hydrogen (secondary N) is 1. The van der Waals surface area contributed by atoms with Gasteiger partial charge in [-0.15, -0.1) is 0 Å². The van der Waals surface area contributed by atoms with Crippen molar-refractivity contribution in [3.8, 4) is 0 Å². The van der Waals surface area contributed by atoms with E-state index in [0.717, 1.165) is 57.2 Å². The smallest absolute Gasteiger partial charge is 0.251 e. The fourth-order valence-electron chi connectivity index (χ4n) is 3.94. The van der Waals surface area contributed by atoms with Crippen molar-refractivity contribution in [3.63, 3.8) is 0 Å². The summed E-state index contributed by atoms with van der Waals surface area (Å²) in [5, 5.41) is 3.01. The van der Waals surface area contributed by atoms with Crippen LogP contribution in [0.2, 0.25) is 0 Å². The number of carbonyl (C=O) groups is 1. The van der Waals surface area contributed by atoms with E-state index in [4.69, 9.17) is 0 Å². The van der Waals surface area contributed by atoms with Gasteiger partial charge >= 0.3 is 0 Å². The molecule has 1 aliphatic heterocycles. The van der Waals surface area contributed by atoms with E-state index in [1.807, 2.05) is 18.3 Å². The van der Waals surface area contributed by atoms with Gasteiger partial charge in [0.2, 0.25) is 0 Å². The normalized spacial score (nSPS) is 15.0. The lowest BCUT2D eigenvalue weighted by molar-refractivity contribution is 0.0951. The second-order valence-electron chi connectivity index (χ2n) is 8.48. The van der Waals surface area contributed by atoms with Gasteiger partial charge < -0.3 is 15.1 Å². The van der Waals surface area contributed by atoms with Gasteiger partial charge in [-0.1, -0.05) is 32.0 Å².